The predicted molar refractivity (Wildman–Crippen MR) is 75.0 cm³/mol. The largest absolute Gasteiger partial charge is 0.259 e. The van der Waals surface area contributed by atoms with E-state index in [0.717, 1.165) is 17.3 Å². The van der Waals surface area contributed by atoms with Gasteiger partial charge in [0.2, 0.25) is 0 Å². The molecule has 0 bridgehead atoms. The van der Waals surface area contributed by atoms with Gasteiger partial charge in [-0.05, 0) is 61.3 Å². The molecule has 5 heteroatoms. The standard InChI is InChI=1S/C14H15BrF2N2/c1-8-7-18-19(14(2,3)4)13(8)9-5-11(16)12(17)6-10(9)15/h5-7H,1-4H3. The summed E-state index contributed by atoms with van der Waals surface area (Å²) in [4.78, 5) is 0. The summed E-state index contributed by atoms with van der Waals surface area (Å²) in [6.45, 7) is 7.93. The second-order valence-electron chi connectivity index (χ2n) is 5.50. The molecule has 0 spiro atoms. The predicted octanol–water partition coefficient (Wildman–Crippen LogP) is 4.65. The Morgan fingerprint density at radius 3 is 2.32 bits per heavy atom. The molecule has 102 valence electrons. The maximum Gasteiger partial charge on any atom is 0.159 e. The first-order chi connectivity index (χ1) is 8.71. The average molecular weight is 329 g/mol. The number of nitrogens with zero attached hydrogens (tertiary/aromatic N) is 2. The Hall–Kier alpha value is -1.23. The molecule has 0 aliphatic carbocycles. The number of hydrogen-bond acceptors (Lipinski definition) is 1. The SMILES string of the molecule is Cc1cnn(C(C)(C)C)c1-c1cc(F)c(F)cc1Br. The first-order valence-electron chi connectivity index (χ1n) is 5.92. The fraction of sp³-hybridized carbons (Fsp3) is 0.357. The van der Waals surface area contributed by atoms with E-state index in [2.05, 4.69) is 21.0 Å². The van der Waals surface area contributed by atoms with Crippen LogP contribution < -0.4 is 0 Å². The molecule has 1 aromatic carbocycles. The lowest BCUT2D eigenvalue weighted by Crippen LogP contribution is -2.24. The van der Waals surface area contributed by atoms with Crippen LogP contribution in [0.3, 0.4) is 0 Å². The van der Waals surface area contributed by atoms with Gasteiger partial charge in [-0.15, -0.1) is 0 Å². The number of rotatable bonds is 1. The maximum absolute atomic E-state index is 13.5. The van der Waals surface area contributed by atoms with Crippen molar-refractivity contribution in [3.63, 3.8) is 0 Å². The van der Waals surface area contributed by atoms with Crippen LogP contribution in [0.15, 0.2) is 22.8 Å². The van der Waals surface area contributed by atoms with E-state index < -0.39 is 11.6 Å². The molecule has 0 saturated carbocycles. The summed E-state index contributed by atoms with van der Waals surface area (Å²) < 4.78 is 29.0. The van der Waals surface area contributed by atoms with E-state index in [1.165, 1.54) is 6.07 Å². The van der Waals surface area contributed by atoms with E-state index in [1.807, 2.05) is 32.4 Å². The van der Waals surface area contributed by atoms with Crippen LogP contribution >= 0.6 is 15.9 Å². The van der Waals surface area contributed by atoms with Crippen molar-refractivity contribution in [2.45, 2.75) is 33.2 Å². The molecule has 0 amide bonds. The molecule has 0 saturated heterocycles. The third-order valence-corrected chi connectivity index (χ3v) is 3.51. The molecule has 0 fully saturated rings. The lowest BCUT2D eigenvalue weighted by atomic mass is 10.0. The van der Waals surface area contributed by atoms with Crippen LogP contribution in [-0.2, 0) is 5.54 Å². The van der Waals surface area contributed by atoms with Crippen LogP contribution in [-0.4, -0.2) is 9.78 Å². The zero-order valence-corrected chi connectivity index (χ0v) is 12.8. The van der Waals surface area contributed by atoms with Crippen LogP contribution in [0.4, 0.5) is 8.78 Å². The molecule has 0 radical (unpaired) electrons. The number of hydrogen-bond donors (Lipinski definition) is 0. The smallest absolute Gasteiger partial charge is 0.159 e. The van der Waals surface area contributed by atoms with Gasteiger partial charge in [0.05, 0.1) is 17.4 Å². The summed E-state index contributed by atoms with van der Waals surface area (Å²) in [7, 11) is 0. The van der Waals surface area contributed by atoms with Gasteiger partial charge in [-0.25, -0.2) is 8.78 Å². The Balaban J connectivity index is 2.73. The van der Waals surface area contributed by atoms with E-state index >= 15 is 0 Å². The fourth-order valence-corrected chi connectivity index (χ4v) is 2.47. The molecule has 1 aromatic heterocycles. The zero-order chi connectivity index (χ0) is 14.4. The third-order valence-electron chi connectivity index (χ3n) is 2.85. The van der Waals surface area contributed by atoms with Crippen molar-refractivity contribution in [3.8, 4) is 11.3 Å². The third kappa shape index (κ3) is 2.56. The van der Waals surface area contributed by atoms with Crippen molar-refractivity contribution in [3.05, 3.63) is 40.0 Å². The van der Waals surface area contributed by atoms with E-state index in [9.17, 15) is 8.78 Å². The Morgan fingerprint density at radius 2 is 1.74 bits per heavy atom. The van der Waals surface area contributed by atoms with Gasteiger partial charge >= 0.3 is 0 Å². The average Bonchev–Trinajstić information content (AvgIpc) is 2.65. The Labute approximate surface area is 119 Å². The summed E-state index contributed by atoms with van der Waals surface area (Å²) in [5.41, 5.74) is 2.07. The van der Waals surface area contributed by atoms with Crippen molar-refractivity contribution in [1.82, 2.24) is 9.78 Å². The zero-order valence-electron chi connectivity index (χ0n) is 11.3. The number of halogens is 3. The molecule has 19 heavy (non-hydrogen) atoms. The number of aryl methyl sites for hydroxylation is 1. The van der Waals surface area contributed by atoms with Crippen LogP contribution in [0.25, 0.3) is 11.3 Å². The van der Waals surface area contributed by atoms with Crippen molar-refractivity contribution >= 4 is 15.9 Å². The Kier molecular flexibility index (Phi) is 3.51. The van der Waals surface area contributed by atoms with Gasteiger partial charge in [-0.3, -0.25) is 4.68 Å². The second kappa shape index (κ2) is 4.71. The van der Waals surface area contributed by atoms with Gasteiger partial charge in [0.25, 0.3) is 0 Å². The van der Waals surface area contributed by atoms with E-state index in [0.29, 0.717) is 10.0 Å². The van der Waals surface area contributed by atoms with Gasteiger partial charge in [-0.2, -0.15) is 5.10 Å². The summed E-state index contributed by atoms with van der Waals surface area (Å²) >= 11 is 3.29. The molecule has 0 aliphatic rings. The molecule has 2 nitrogen and oxygen atoms in total. The van der Waals surface area contributed by atoms with Crippen molar-refractivity contribution in [2.75, 3.05) is 0 Å². The number of aromatic nitrogens is 2. The summed E-state index contributed by atoms with van der Waals surface area (Å²) in [6, 6.07) is 2.34. The fourth-order valence-electron chi connectivity index (χ4n) is 1.97. The molecule has 1 heterocycles. The van der Waals surface area contributed by atoms with E-state index in [4.69, 9.17) is 0 Å². The topological polar surface area (TPSA) is 17.8 Å². The van der Waals surface area contributed by atoms with E-state index in [1.54, 1.807) is 6.20 Å². The molecule has 2 aromatic rings. The van der Waals surface area contributed by atoms with Crippen molar-refractivity contribution in [1.29, 1.82) is 0 Å². The minimum Gasteiger partial charge on any atom is -0.259 e. The minimum atomic E-state index is -0.866. The quantitative estimate of drug-likeness (QED) is 0.696. The highest BCUT2D eigenvalue weighted by atomic mass is 79.9. The van der Waals surface area contributed by atoms with Gasteiger partial charge in [0.1, 0.15) is 0 Å². The lowest BCUT2D eigenvalue weighted by Gasteiger charge is -2.23. The molecule has 0 N–H and O–H groups in total. The number of benzene rings is 1. The lowest BCUT2D eigenvalue weighted by molar-refractivity contribution is 0.360. The minimum absolute atomic E-state index is 0.242. The van der Waals surface area contributed by atoms with Gasteiger partial charge in [0.15, 0.2) is 11.6 Å². The van der Waals surface area contributed by atoms with Crippen LogP contribution in [0.2, 0.25) is 0 Å². The van der Waals surface area contributed by atoms with Crippen LogP contribution in [0.5, 0.6) is 0 Å². The molecule has 0 aliphatic heterocycles. The van der Waals surface area contributed by atoms with Gasteiger partial charge in [-0.1, -0.05) is 0 Å². The first kappa shape index (κ1) is 14.2. The highest BCUT2D eigenvalue weighted by Gasteiger charge is 2.22. The molecule has 2 rings (SSSR count). The second-order valence-corrected chi connectivity index (χ2v) is 6.36. The molecule has 0 atom stereocenters. The Bertz CT molecular complexity index is 627. The summed E-state index contributed by atoms with van der Waals surface area (Å²) in [6.07, 6.45) is 1.73. The highest BCUT2D eigenvalue weighted by molar-refractivity contribution is 9.10. The van der Waals surface area contributed by atoms with E-state index in [-0.39, 0.29) is 5.54 Å². The molecular weight excluding hydrogens is 314 g/mol. The highest BCUT2D eigenvalue weighted by Crippen LogP contribution is 2.34. The van der Waals surface area contributed by atoms with Crippen LogP contribution in [0.1, 0.15) is 26.3 Å². The molecular formula is C14H15BrF2N2. The van der Waals surface area contributed by atoms with Crippen LogP contribution in [0, 0.1) is 18.6 Å². The first-order valence-corrected chi connectivity index (χ1v) is 6.71. The maximum atomic E-state index is 13.5. The van der Waals surface area contributed by atoms with Gasteiger partial charge in [0, 0.05) is 10.0 Å². The van der Waals surface area contributed by atoms with Crippen molar-refractivity contribution in [2.24, 2.45) is 0 Å². The van der Waals surface area contributed by atoms with Gasteiger partial charge < -0.3 is 0 Å². The molecule has 0 unspecified atom stereocenters. The summed E-state index contributed by atoms with van der Waals surface area (Å²) in [5.74, 6) is -1.73. The normalized spacial score (nSPS) is 11.9. The van der Waals surface area contributed by atoms with Crippen molar-refractivity contribution < 1.29 is 8.78 Å². The monoisotopic (exact) mass is 328 g/mol. The Morgan fingerprint density at radius 1 is 1.16 bits per heavy atom. The summed E-state index contributed by atoms with van der Waals surface area (Å²) in [5, 5.41) is 4.34.